The fourth-order valence-corrected chi connectivity index (χ4v) is 3.43. The summed E-state index contributed by atoms with van der Waals surface area (Å²) in [6.07, 6.45) is 7.07. The minimum Gasteiger partial charge on any atom is -0.355 e. The maximum absolute atomic E-state index is 12.2. The van der Waals surface area contributed by atoms with Crippen LogP contribution in [0.25, 0.3) is 0 Å². The van der Waals surface area contributed by atoms with Crippen LogP contribution >= 0.6 is 0 Å². The molecule has 22 heavy (non-hydrogen) atoms. The molecule has 2 aliphatic rings. The Morgan fingerprint density at radius 1 is 1.23 bits per heavy atom. The zero-order valence-electron chi connectivity index (χ0n) is 12.7. The van der Waals surface area contributed by atoms with Crippen molar-refractivity contribution < 1.29 is 9.59 Å². The number of allylic oxidation sites excluding steroid dienone is 1. The van der Waals surface area contributed by atoms with Crippen molar-refractivity contribution in [2.45, 2.75) is 38.5 Å². The summed E-state index contributed by atoms with van der Waals surface area (Å²) in [7, 11) is 0. The van der Waals surface area contributed by atoms with Crippen molar-refractivity contribution >= 4 is 11.8 Å². The summed E-state index contributed by atoms with van der Waals surface area (Å²) < 4.78 is 0. The molecule has 1 saturated heterocycles. The minimum absolute atomic E-state index is 0.0439. The van der Waals surface area contributed by atoms with Crippen LogP contribution in [0.15, 0.2) is 42.1 Å². The van der Waals surface area contributed by atoms with Gasteiger partial charge in [0.1, 0.15) is 0 Å². The molecule has 116 valence electrons. The fraction of sp³-hybridized carbons (Fsp3) is 0.444. The van der Waals surface area contributed by atoms with Gasteiger partial charge in [-0.2, -0.15) is 0 Å². The highest BCUT2D eigenvalue weighted by molar-refractivity contribution is 5.80. The Balaban J connectivity index is 1.62. The van der Waals surface area contributed by atoms with Crippen LogP contribution in [-0.2, 0) is 16.0 Å². The topological polar surface area (TPSA) is 58.2 Å². The van der Waals surface area contributed by atoms with E-state index in [2.05, 4.69) is 16.7 Å². The van der Waals surface area contributed by atoms with Crippen LogP contribution in [0.2, 0.25) is 0 Å². The van der Waals surface area contributed by atoms with Gasteiger partial charge in [-0.1, -0.05) is 36.4 Å². The molecule has 0 saturated carbocycles. The van der Waals surface area contributed by atoms with Gasteiger partial charge in [0, 0.05) is 24.1 Å². The third kappa shape index (κ3) is 3.21. The predicted molar refractivity (Wildman–Crippen MR) is 84.9 cm³/mol. The Bertz CT molecular complexity index is 594. The maximum Gasteiger partial charge on any atom is 0.224 e. The summed E-state index contributed by atoms with van der Waals surface area (Å²) in [6, 6.07) is 9.76. The van der Waals surface area contributed by atoms with Crippen molar-refractivity contribution in [3.05, 3.63) is 47.7 Å². The second-order valence-electron chi connectivity index (χ2n) is 6.28. The summed E-state index contributed by atoms with van der Waals surface area (Å²) >= 11 is 0. The molecule has 1 unspecified atom stereocenters. The van der Waals surface area contributed by atoms with Crippen molar-refractivity contribution in [3.63, 3.8) is 0 Å². The van der Waals surface area contributed by atoms with Crippen LogP contribution < -0.4 is 10.6 Å². The Kier molecular flexibility index (Phi) is 4.27. The van der Waals surface area contributed by atoms with Crippen LogP contribution in [0, 0.1) is 5.41 Å². The summed E-state index contributed by atoms with van der Waals surface area (Å²) in [5.41, 5.74) is 1.97. The highest BCUT2D eigenvalue weighted by Gasteiger charge is 2.40. The number of rotatable bonds is 4. The van der Waals surface area contributed by atoms with E-state index in [0.717, 1.165) is 36.9 Å². The van der Waals surface area contributed by atoms with E-state index < -0.39 is 0 Å². The molecule has 1 heterocycles. The van der Waals surface area contributed by atoms with Gasteiger partial charge in [0.05, 0.1) is 6.42 Å². The number of benzene rings is 1. The third-order valence-electron chi connectivity index (χ3n) is 4.72. The number of piperidine rings is 1. The number of amides is 2. The van der Waals surface area contributed by atoms with Crippen LogP contribution in [0.4, 0.5) is 0 Å². The summed E-state index contributed by atoms with van der Waals surface area (Å²) in [5, 5.41) is 6.08. The standard InChI is InChI=1S/C18H22N2O2/c21-16-9-11-18(10-5-4-8-15(18)20-16)13-19-17(22)12-14-6-2-1-3-7-14/h1-3,6-8H,4-5,9-13H2,(H,19,22)(H,20,21). The highest BCUT2D eigenvalue weighted by atomic mass is 16.2. The van der Waals surface area contributed by atoms with Crippen molar-refractivity contribution in [1.82, 2.24) is 10.6 Å². The van der Waals surface area contributed by atoms with Gasteiger partial charge < -0.3 is 10.6 Å². The predicted octanol–water partition coefficient (Wildman–Crippen LogP) is 2.31. The lowest BCUT2D eigenvalue weighted by Gasteiger charge is -2.42. The summed E-state index contributed by atoms with van der Waals surface area (Å²) in [4.78, 5) is 23.8. The van der Waals surface area contributed by atoms with Crippen LogP contribution in [0.3, 0.4) is 0 Å². The number of carbonyl (C=O) groups is 2. The van der Waals surface area contributed by atoms with E-state index >= 15 is 0 Å². The maximum atomic E-state index is 12.2. The average Bonchev–Trinajstić information content (AvgIpc) is 2.54. The quantitative estimate of drug-likeness (QED) is 0.896. The second kappa shape index (κ2) is 6.34. The van der Waals surface area contributed by atoms with Gasteiger partial charge in [-0.05, 0) is 31.2 Å². The van der Waals surface area contributed by atoms with E-state index in [4.69, 9.17) is 0 Å². The first-order valence-corrected chi connectivity index (χ1v) is 7.99. The SMILES string of the molecule is O=C(Cc1ccccc1)NCC12CCCC=C1NC(=O)CC2. The Hall–Kier alpha value is -2.10. The van der Waals surface area contributed by atoms with E-state index in [1.54, 1.807) is 0 Å². The Morgan fingerprint density at radius 2 is 2.05 bits per heavy atom. The highest BCUT2D eigenvalue weighted by Crippen LogP contribution is 2.42. The normalized spacial score (nSPS) is 24.0. The zero-order chi connectivity index (χ0) is 15.4. The molecule has 3 rings (SSSR count). The van der Waals surface area contributed by atoms with E-state index in [9.17, 15) is 9.59 Å². The Morgan fingerprint density at radius 3 is 2.86 bits per heavy atom. The van der Waals surface area contributed by atoms with Crippen molar-refractivity contribution in [1.29, 1.82) is 0 Å². The minimum atomic E-state index is -0.0709. The molecule has 1 aromatic carbocycles. The van der Waals surface area contributed by atoms with Gasteiger partial charge in [-0.3, -0.25) is 9.59 Å². The van der Waals surface area contributed by atoms with Gasteiger partial charge in [-0.25, -0.2) is 0 Å². The molecule has 1 fully saturated rings. The van der Waals surface area contributed by atoms with Gasteiger partial charge in [0.25, 0.3) is 0 Å². The molecule has 0 spiro atoms. The second-order valence-corrected chi connectivity index (χ2v) is 6.28. The van der Waals surface area contributed by atoms with E-state index in [1.165, 1.54) is 0 Å². The number of carbonyl (C=O) groups excluding carboxylic acids is 2. The largest absolute Gasteiger partial charge is 0.355 e. The van der Waals surface area contributed by atoms with Gasteiger partial charge in [0.15, 0.2) is 0 Å². The summed E-state index contributed by atoms with van der Waals surface area (Å²) in [5.74, 6) is 0.141. The molecule has 1 aliphatic heterocycles. The monoisotopic (exact) mass is 298 g/mol. The van der Waals surface area contributed by atoms with Crippen LogP contribution in [0.5, 0.6) is 0 Å². The lowest BCUT2D eigenvalue weighted by atomic mass is 9.70. The van der Waals surface area contributed by atoms with E-state index in [0.29, 0.717) is 19.4 Å². The molecular weight excluding hydrogens is 276 g/mol. The van der Waals surface area contributed by atoms with Gasteiger partial charge >= 0.3 is 0 Å². The van der Waals surface area contributed by atoms with E-state index in [1.807, 2.05) is 30.3 Å². The molecule has 0 radical (unpaired) electrons. The molecule has 1 atom stereocenters. The number of fused-ring (bicyclic) bond motifs is 1. The third-order valence-corrected chi connectivity index (χ3v) is 4.72. The molecular formula is C18H22N2O2. The molecule has 4 nitrogen and oxygen atoms in total. The van der Waals surface area contributed by atoms with Crippen LogP contribution in [-0.4, -0.2) is 18.4 Å². The zero-order valence-corrected chi connectivity index (χ0v) is 12.7. The van der Waals surface area contributed by atoms with E-state index in [-0.39, 0.29) is 17.2 Å². The first-order chi connectivity index (χ1) is 10.7. The average molecular weight is 298 g/mol. The van der Waals surface area contributed by atoms with Gasteiger partial charge in [0.2, 0.25) is 11.8 Å². The lowest BCUT2D eigenvalue weighted by Crippen LogP contribution is -2.48. The first kappa shape index (κ1) is 14.8. The first-order valence-electron chi connectivity index (χ1n) is 7.99. The smallest absolute Gasteiger partial charge is 0.224 e. The van der Waals surface area contributed by atoms with Crippen LogP contribution in [0.1, 0.15) is 37.7 Å². The Labute approximate surface area is 131 Å². The molecule has 1 aliphatic carbocycles. The van der Waals surface area contributed by atoms with Crippen molar-refractivity contribution in [3.8, 4) is 0 Å². The molecule has 2 N–H and O–H groups in total. The molecule has 2 amide bonds. The molecule has 0 aromatic heterocycles. The van der Waals surface area contributed by atoms with Gasteiger partial charge in [-0.15, -0.1) is 0 Å². The number of hydrogen-bond donors (Lipinski definition) is 2. The lowest BCUT2D eigenvalue weighted by molar-refractivity contribution is -0.123. The fourth-order valence-electron chi connectivity index (χ4n) is 3.43. The summed E-state index contributed by atoms with van der Waals surface area (Å²) in [6.45, 7) is 0.616. The number of nitrogens with one attached hydrogen (secondary N) is 2. The van der Waals surface area contributed by atoms with Crippen molar-refractivity contribution in [2.24, 2.45) is 5.41 Å². The molecule has 0 bridgehead atoms. The number of hydrogen-bond acceptors (Lipinski definition) is 2. The van der Waals surface area contributed by atoms with Crippen molar-refractivity contribution in [2.75, 3.05) is 6.54 Å². The molecule has 1 aromatic rings. The molecule has 4 heteroatoms.